The Morgan fingerprint density at radius 2 is 1.77 bits per heavy atom. The van der Waals surface area contributed by atoms with Gasteiger partial charge in [0.15, 0.2) is 11.6 Å². The lowest BCUT2D eigenvalue weighted by atomic mass is 10.2. The number of nitrogens with zero attached hydrogens (tertiary/aromatic N) is 3. The molecule has 0 spiro atoms. The number of rotatable bonds is 3. The highest BCUT2D eigenvalue weighted by Gasteiger charge is 2.21. The average Bonchev–Trinajstić information content (AvgIpc) is 3.30. The minimum atomic E-state index is 0.705. The molecule has 2 aromatic heterocycles. The number of aromatic amines is 1. The Bertz CT molecular complexity index is 1100. The molecule has 0 radical (unpaired) electrons. The summed E-state index contributed by atoms with van der Waals surface area (Å²) in [6.45, 7) is 0. The molecule has 26 heavy (non-hydrogen) atoms. The molecule has 2 N–H and O–H groups in total. The number of nitrogens with one attached hydrogen (secondary N) is 2. The highest BCUT2D eigenvalue weighted by molar-refractivity contribution is 6.30. The molecule has 0 saturated carbocycles. The summed E-state index contributed by atoms with van der Waals surface area (Å²) in [5, 5.41) is 12.7. The van der Waals surface area contributed by atoms with Crippen molar-refractivity contribution < 1.29 is 0 Å². The molecule has 2 heterocycles. The zero-order valence-corrected chi connectivity index (χ0v) is 14.7. The zero-order valence-electron chi connectivity index (χ0n) is 14.0. The van der Waals surface area contributed by atoms with E-state index in [0.29, 0.717) is 10.8 Å². The van der Waals surface area contributed by atoms with Gasteiger partial charge in [-0.2, -0.15) is 5.10 Å². The van der Waals surface area contributed by atoms with Gasteiger partial charge in [-0.25, -0.2) is 9.97 Å². The van der Waals surface area contributed by atoms with Crippen molar-refractivity contribution in [3.05, 3.63) is 64.8 Å². The molecule has 0 bridgehead atoms. The van der Waals surface area contributed by atoms with Crippen molar-refractivity contribution >= 4 is 34.1 Å². The molecule has 0 aliphatic heterocycles. The van der Waals surface area contributed by atoms with Crippen LogP contribution in [0.5, 0.6) is 0 Å². The van der Waals surface area contributed by atoms with Gasteiger partial charge in [-0.3, -0.25) is 5.10 Å². The van der Waals surface area contributed by atoms with Crippen LogP contribution in [-0.2, 0) is 12.8 Å². The molecule has 1 aliphatic rings. The molecular weight excluding hydrogens is 346 g/mol. The summed E-state index contributed by atoms with van der Waals surface area (Å²) in [4.78, 5) is 9.59. The molecule has 0 fully saturated rings. The summed E-state index contributed by atoms with van der Waals surface area (Å²) in [5.74, 6) is 2.34. The third kappa shape index (κ3) is 2.61. The number of aryl methyl sites for hydroxylation is 1. The largest absolute Gasteiger partial charge is 0.323 e. The molecule has 0 unspecified atom stereocenters. The lowest BCUT2D eigenvalue weighted by Gasteiger charge is -2.11. The first-order valence-electron chi connectivity index (χ1n) is 8.64. The van der Waals surface area contributed by atoms with Gasteiger partial charge in [0.25, 0.3) is 0 Å². The van der Waals surface area contributed by atoms with Crippen molar-refractivity contribution in [2.75, 3.05) is 5.32 Å². The van der Waals surface area contributed by atoms with Gasteiger partial charge in [-0.15, -0.1) is 0 Å². The number of fused-ring (bicyclic) bond motifs is 2. The van der Waals surface area contributed by atoms with Crippen LogP contribution in [0, 0.1) is 0 Å². The van der Waals surface area contributed by atoms with E-state index in [9.17, 15) is 0 Å². The average molecular weight is 362 g/mol. The van der Waals surface area contributed by atoms with E-state index in [2.05, 4.69) is 15.5 Å². The second-order valence-electron chi connectivity index (χ2n) is 6.42. The first-order chi connectivity index (χ1) is 12.8. The van der Waals surface area contributed by atoms with E-state index in [0.717, 1.165) is 53.1 Å². The second kappa shape index (κ2) is 6.11. The van der Waals surface area contributed by atoms with Crippen molar-refractivity contribution in [2.45, 2.75) is 19.3 Å². The van der Waals surface area contributed by atoms with Crippen molar-refractivity contribution in [3.8, 4) is 11.4 Å². The minimum Gasteiger partial charge on any atom is -0.323 e. The lowest BCUT2D eigenvalue weighted by molar-refractivity contribution is 0.900. The Labute approximate surface area is 155 Å². The molecule has 4 aromatic rings. The van der Waals surface area contributed by atoms with Gasteiger partial charge in [-0.05, 0) is 55.7 Å². The number of benzene rings is 2. The van der Waals surface area contributed by atoms with Crippen molar-refractivity contribution in [3.63, 3.8) is 0 Å². The third-order valence-electron chi connectivity index (χ3n) is 4.74. The Kier molecular flexibility index (Phi) is 3.60. The Hall–Kier alpha value is -2.92. The summed E-state index contributed by atoms with van der Waals surface area (Å²) in [6.07, 6.45) is 3.07. The predicted octanol–water partition coefficient (Wildman–Crippen LogP) is 4.91. The molecule has 5 nitrogen and oxygen atoms in total. The number of hydrogen-bond acceptors (Lipinski definition) is 4. The van der Waals surface area contributed by atoms with Crippen molar-refractivity contribution in [2.24, 2.45) is 0 Å². The topological polar surface area (TPSA) is 66.5 Å². The van der Waals surface area contributed by atoms with Crippen molar-refractivity contribution in [1.82, 2.24) is 20.2 Å². The molecule has 1 aliphatic carbocycles. The molecule has 128 valence electrons. The van der Waals surface area contributed by atoms with Crippen LogP contribution in [0.15, 0.2) is 48.5 Å². The lowest BCUT2D eigenvalue weighted by Crippen LogP contribution is -2.04. The van der Waals surface area contributed by atoms with Crippen LogP contribution in [0.3, 0.4) is 0 Å². The highest BCUT2D eigenvalue weighted by atomic mass is 35.5. The molecule has 0 atom stereocenters. The summed E-state index contributed by atoms with van der Waals surface area (Å²) < 4.78 is 0. The van der Waals surface area contributed by atoms with E-state index in [4.69, 9.17) is 21.6 Å². The fourth-order valence-electron chi connectivity index (χ4n) is 3.43. The molecule has 6 heteroatoms. The maximum Gasteiger partial charge on any atom is 0.161 e. The Morgan fingerprint density at radius 1 is 0.923 bits per heavy atom. The van der Waals surface area contributed by atoms with E-state index in [1.807, 2.05) is 48.5 Å². The molecule has 2 aromatic carbocycles. The van der Waals surface area contributed by atoms with Gasteiger partial charge < -0.3 is 5.32 Å². The van der Waals surface area contributed by atoms with Crippen LogP contribution in [-0.4, -0.2) is 20.2 Å². The number of anilines is 2. The van der Waals surface area contributed by atoms with Crippen LogP contribution < -0.4 is 5.32 Å². The number of H-pyrrole nitrogens is 1. The normalized spacial score (nSPS) is 13.1. The van der Waals surface area contributed by atoms with E-state index >= 15 is 0 Å². The highest BCUT2D eigenvalue weighted by Crippen LogP contribution is 2.32. The monoisotopic (exact) mass is 361 g/mol. The van der Waals surface area contributed by atoms with E-state index < -0.39 is 0 Å². The number of hydrogen-bond donors (Lipinski definition) is 2. The van der Waals surface area contributed by atoms with Crippen LogP contribution in [0.25, 0.3) is 22.3 Å². The fourth-order valence-corrected chi connectivity index (χ4v) is 3.56. The maximum atomic E-state index is 6.01. The first-order valence-corrected chi connectivity index (χ1v) is 9.01. The second-order valence-corrected chi connectivity index (χ2v) is 6.86. The van der Waals surface area contributed by atoms with Gasteiger partial charge in [-0.1, -0.05) is 23.7 Å². The molecule has 0 amide bonds. The number of para-hydroxylation sites is 1. The summed E-state index contributed by atoms with van der Waals surface area (Å²) in [7, 11) is 0. The first kappa shape index (κ1) is 15.3. The SMILES string of the molecule is Clc1ccc(-c2nc3c(c(Nc4n[nH]c5ccccc45)n2)CCC3)cc1. The van der Waals surface area contributed by atoms with E-state index in [-0.39, 0.29) is 0 Å². The van der Waals surface area contributed by atoms with Gasteiger partial charge >= 0.3 is 0 Å². The van der Waals surface area contributed by atoms with Crippen LogP contribution in [0.4, 0.5) is 11.6 Å². The molecule has 5 rings (SSSR count). The maximum absolute atomic E-state index is 6.01. The minimum absolute atomic E-state index is 0.705. The van der Waals surface area contributed by atoms with E-state index in [1.165, 1.54) is 5.56 Å². The zero-order chi connectivity index (χ0) is 17.5. The number of aromatic nitrogens is 4. The summed E-state index contributed by atoms with van der Waals surface area (Å²) >= 11 is 6.01. The Morgan fingerprint density at radius 3 is 2.65 bits per heavy atom. The van der Waals surface area contributed by atoms with Crippen LogP contribution >= 0.6 is 11.6 Å². The number of halogens is 1. The molecular formula is C20H16ClN5. The quantitative estimate of drug-likeness (QED) is 0.544. The van der Waals surface area contributed by atoms with Crippen molar-refractivity contribution in [1.29, 1.82) is 0 Å². The van der Waals surface area contributed by atoms with Gasteiger partial charge in [0.2, 0.25) is 0 Å². The van der Waals surface area contributed by atoms with Gasteiger partial charge in [0, 0.05) is 27.2 Å². The van der Waals surface area contributed by atoms with Gasteiger partial charge in [0.05, 0.1) is 5.52 Å². The van der Waals surface area contributed by atoms with Gasteiger partial charge in [0.1, 0.15) is 5.82 Å². The summed E-state index contributed by atoms with van der Waals surface area (Å²) in [6, 6.07) is 15.7. The molecule has 0 saturated heterocycles. The smallest absolute Gasteiger partial charge is 0.161 e. The van der Waals surface area contributed by atoms with Crippen LogP contribution in [0.2, 0.25) is 5.02 Å². The predicted molar refractivity (Wildman–Crippen MR) is 104 cm³/mol. The van der Waals surface area contributed by atoms with E-state index in [1.54, 1.807) is 0 Å². The standard InChI is InChI=1S/C20H16ClN5/c21-13-10-8-12(9-11-13)18-22-16-7-3-5-14(16)19(23-18)24-20-15-4-1-2-6-17(15)25-26-20/h1-2,4,6,8-11H,3,5,7H2,(H2,22,23,24,25,26). The Balaban J connectivity index is 1.60. The third-order valence-corrected chi connectivity index (χ3v) is 4.99. The fraction of sp³-hybridized carbons (Fsp3) is 0.150. The van der Waals surface area contributed by atoms with Crippen LogP contribution in [0.1, 0.15) is 17.7 Å². The summed E-state index contributed by atoms with van der Waals surface area (Å²) in [5.41, 5.74) is 4.26.